The average Bonchev–Trinajstić information content (AvgIpc) is 2.59. The molecule has 1 atom stereocenters. The second kappa shape index (κ2) is 2.57. The lowest BCUT2D eigenvalue weighted by molar-refractivity contribution is 0.0385. The third-order valence-corrected chi connectivity index (χ3v) is 1.63. The van der Waals surface area contributed by atoms with Crippen molar-refractivity contribution < 1.29 is 4.74 Å². The summed E-state index contributed by atoms with van der Waals surface area (Å²) in [7, 11) is 0. The number of nitrogens with one attached hydrogen (secondary N) is 2. The van der Waals surface area contributed by atoms with Crippen LogP contribution in [0.25, 0.3) is 0 Å². The first-order valence-electron chi connectivity index (χ1n) is 3.35. The summed E-state index contributed by atoms with van der Waals surface area (Å²) >= 11 is 0. The molecule has 2 heterocycles. The van der Waals surface area contributed by atoms with Crippen molar-refractivity contribution in [2.45, 2.75) is 12.6 Å². The van der Waals surface area contributed by atoms with Crippen LogP contribution in [-0.2, 0) is 4.74 Å². The van der Waals surface area contributed by atoms with Crippen molar-refractivity contribution >= 4 is 0 Å². The van der Waals surface area contributed by atoms with Crippen LogP contribution >= 0.6 is 0 Å². The summed E-state index contributed by atoms with van der Waals surface area (Å²) in [5.41, 5.74) is 5.85. The van der Waals surface area contributed by atoms with Crippen LogP contribution in [0.1, 0.15) is 6.42 Å². The van der Waals surface area contributed by atoms with Gasteiger partial charge in [0.05, 0.1) is 12.9 Å². The molecule has 0 aromatic heterocycles. The summed E-state index contributed by atoms with van der Waals surface area (Å²) in [5.74, 6) is 0. The first kappa shape index (κ1) is 6.15. The number of ether oxygens (including phenoxy) is 1. The predicted molar refractivity (Wildman–Crippen MR) is 35.9 cm³/mol. The first-order chi connectivity index (χ1) is 4.97. The molecule has 2 aliphatic heterocycles. The molecule has 0 aromatic carbocycles. The van der Waals surface area contributed by atoms with Gasteiger partial charge in [0.2, 0.25) is 0 Å². The Balaban J connectivity index is 1.87. The van der Waals surface area contributed by atoms with E-state index in [2.05, 4.69) is 15.8 Å². The molecule has 1 saturated heterocycles. The fraction of sp³-hybridized carbons (Fsp3) is 0.500. The van der Waals surface area contributed by atoms with Gasteiger partial charge in [-0.2, -0.15) is 0 Å². The summed E-state index contributed by atoms with van der Waals surface area (Å²) in [5, 5.41) is 0. The van der Waals surface area contributed by atoms with Gasteiger partial charge >= 0.3 is 0 Å². The molecule has 1 fully saturated rings. The molecule has 2 rings (SSSR count). The lowest BCUT2D eigenvalue weighted by Crippen LogP contribution is -2.31. The van der Waals surface area contributed by atoms with E-state index in [4.69, 9.17) is 4.74 Å². The highest BCUT2D eigenvalue weighted by Crippen LogP contribution is 2.14. The molecule has 0 saturated carbocycles. The molecule has 0 amide bonds. The molecule has 0 bridgehead atoms. The van der Waals surface area contributed by atoms with E-state index in [1.165, 1.54) is 0 Å². The Morgan fingerprint density at radius 2 is 2.60 bits per heavy atom. The van der Waals surface area contributed by atoms with Crippen LogP contribution in [0.4, 0.5) is 0 Å². The second-order valence-electron chi connectivity index (χ2n) is 2.32. The van der Waals surface area contributed by atoms with E-state index < -0.39 is 0 Å². The van der Waals surface area contributed by atoms with Crippen molar-refractivity contribution in [1.82, 2.24) is 15.8 Å². The summed E-state index contributed by atoms with van der Waals surface area (Å²) in [6.07, 6.45) is 4.94. The molecule has 0 spiro atoms. The Bertz CT molecular complexity index is 134. The van der Waals surface area contributed by atoms with Crippen LogP contribution in [-0.4, -0.2) is 17.8 Å². The molecule has 0 aliphatic carbocycles. The van der Waals surface area contributed by atoms with Gasteiger partial charge in [-0.25, -0.2) is 15.8 Å². The van der Waals surface area contributed by atoms with Crippen molar-refractivity contribution in [2.24, 2.45) is 0 Å². The quantitative estimate of drug-likeness (QED) is 0.526. The largest absolute Gasteiger partial charge is 0.483 e. The van der Waals surface area contributed by atoms with Gasteiger partial charge in [0, 0.05) is 6.42 Å². The number of hydrogen-bond donors (Lipinski definition) is 2. The van der Waals surface area contributed by atoms with Crippen molar-refractivity contribution in [3.8, 4) is 0 Å². The highest BCUT2D eigenvalue weighted by molar-refractivity contribution is 4.88. The Labute approximate surface area is 59.8 Å². The number of hydrazine groups is 1. The van der Waals surface area contributed by atoms with Gasteiger partial charge in [-0.15, -0.1) is 0 Å². The highest BCUT2D eigenvalue weighted by atomic mass is 16.5. The van der Waals surface area contributed by atoms with Gasteiger partial charge in [-0.1, -0.05) is 0 Å². The second-order valence-corrected chi connectivity index (χ2v) is 2.32. The van der Waals surface area contributed by atoms with E-state index in [0.29, 0.717) is 0 Å². The Hall–Kier alpha value is -0.580. The van der Waals surface area contributed by atoms with Gasteiger partial charge < -0.3 is 4.74 Å². The normalized spacial score (nSPS) is 33.0. The molecule has 4 heteroatoms. The van der Waals surface area contributed by atoms with E-state index in [0.717, 1.165) is 13.1 Å². The molecule has 1 unspecified atom stereocenters. The van der Waals surface area contributed by atoms with Gasteiger partial charge in [0.25, 0.3) is 0 Å². The zero-order valence-corrected chi connectivity index (χ0v) is 5.58. The highest BCUT2D eigenvalue weighted by Gasteiger charge is 2.23. The molecular weight excluding hydrogens is 130 g/mol. The third-order valence-electron chi connectivity index (χ3n) is 1.63. The molecule has 0 aromatic rings. The van der Waals surface area contributed by atoms with Crippen LogP contribution in [0.3, 0.4) is 0 Å². The minimum atomic E-state index is 0.197. The van der Waals surface area contributed by atoms with E-state index in [-0.39, 0.29) is 6.23 Å². The van der Waals surface area contributed by atoms with Crippen LogP contribution in [0.5, 0.6) is 0 Å². The first-order valence-corrected chi connectivity index (χ1v) is 3.35. The SMILES string of the molecule is [CH]1NNCN1C1CC=CO1. The maximum atomic E-state index is 5.27. The van der Waals surface area contributed by atoms with Crippen molar-refractivity contribution in [3.63, 3.8) is 0 Å². The van der Waals surface area contributed by atoms with Crippen molar-refractivity contribution in [1.29, 1.82) is 0 Å². The monoisotopic (exact) mass is 140 g/mol. The minimum absolute atomic E-state index is 0.197. The van der Waals surface area contributed by atoms with Crippen molar-refractivity contribution in [2.75, 3.05) is 6.67 Å². The summed E-state index contributed by atoms with van der Waals surface area (Å²) in [4.78, 5) is 2.07. The van der Waals surface area contributed by atoms with Gasteiger partial charge in [-0.05, 0) is 6.08 Å². The molecule has 4 nitrogen and oxygen atoms in total. The zero-order chi connectivity index (χ0) is 6.81. The zero-order valence-electron chi connectivity index (χ0n) is 5.58. The van der Waals surface area contributed by atoms with E-state index in [9.17, 15) is 0 Å². The standard InChI is InChI=1S/C6H10N3O/c1-2-6(10-3-1)9-4-7-8-5-9/h1,3-4,6-8H,2,5H2. The Morgan fingerprint density at radius 3 is 3.20 bits per heavy atom. The maximum absolute atomic E-state index is 5.27. The van der Waals surface area contributed by atoms with Gasteiger partial charge in [-0.3, -0.25) is 0 Å². The van der Waals surface area contributed by atoms with Crippen LogP contribution in [0.15, 0.2) is 12.3 Å². The summed E-state index contributed by atoms with van der Waals surface area (Å²) in [6, 6.07) is 0. The van der Waals surface area contributed by atoms with Crippen molar-refractivity contribution in [3.05, 3.63) is 19.0 Å². The maximum Gasteiger partial charge on any atom is 0.157 e. The fourth-order valence-electron chi connectivity index (χ4n) is 1.08. The number of hydrogen-bond acceptors (Lipinski definition) is 4. The third kappa shape index (κ3) is 1.01. The van der Waals surface area contributed by atoms with Crippen LogP contribution < -0.4 is 10.9 Å². The van der Waals surface area contributed by atoms with E-state index in [1.807, 2.05) is 12.7 Å². The summed E-state index contributed by atoms with van der Waals surface area (Å²) < 4.78 is 5.27. The Kier molecular flexibility index (Phi) is 1.58. The number of nitrogens with zero attached hydrogens (tertiary/aromatic N) is 1. The fourth-order valence-corrected chi connectivity index (χ4v) is 1.08. The van der Waals surface area contributed by atoms with Crippen LogP contribution in [0, 0.1) is 6.67 Å². The molecule has 10 heavy (non-hydrogen) atoms. The molecular formula is C6H10N3O. The topological polar surface area (TPSA) is 36.5 Å². The van der Waals surface area contributed by atoms with E-state index >= 15 is 0 Å². The van der Waals surface area contributed by atoms with Gasteiger partial charge in [0.15, 0.2) is 6.23 Å². The number of rotatable bonds is 1. The average molecular weight is 140 g/mol. The van der Waals surface area contributed by atoms with Crippen LogP contribution in [0.2, 0.25) is 0 Å². The summed E-state index contributed by atoms with van der Waals surface area (Å²) in [6.45, 7) is 2.70. The minimum Gasteiger partial charge on any atom is -0.483 e. The van der Waals surface area contributed by atoms with E-state index in [1.54, 1.807) is 6.26 Å². The Morgan fingerprint density at radius 1 is 1.60 bits per heavy atom. The predicted octanol–water partition coefficient (Wildman–Crippen LogP) is -0.267. The van der Waals surface area contributed by atoms with Gasteiger partial charge in [0.1, 0.15) is 6.67 Å². The molecule has 2 N–H and O–H groups in total. The molecule has 2 aliphatic rings. The lowest BCUT2D eigenvalue weighted by Gasteiger charge is -2.19. The lowest BCUT2D eigenvalue weighted by atomic mass is 10.4. The molecule has 1 radical (unpaired) electrons. The smallest absolute Gasteiger partial charge is 0.157 e. The molecule has 55 valence electrons.